The lowest BCUT2D eigenvalue weighted by Crippen LogP contribution is -2.58. The van der Waals surface area contributed by atoms with Crippen LogP contribution in [0.15, 0.2) is 79.1 Å². The third kappa shape index (κ3) is 7.86. The summed E-state index contributed by atoms with van der Waals surface area (Å²) in [4.78, 5) is 63.0. The normalized spacial score (nSPS) is 24.0. The lowest BCUT2D eigenvalue weighted by molar-refractivity contribution is -0.151. The maximum atomic E-state index is 14.9. The molecule has 5 atom stereocenters. The standard InChI is InChI=1S/C42H48N5O7PS/c1-27(2)53-42(51)36-14-8-20-46(36)55(52,54-33-11-4-3-5-12-33)26-28-15-18-37-30(21-28)22-38(56-37)39(48)44-34-13-6-10-32-16-17-35(47(32)40(34)49)41(50)45-24-31(25-45)29-9-7-19-43-23-29/h3-5,7,9,11-12,15,18-19,21-23,27,31-32,34-36H,6,8,10,13-14,16-17,20,24-26H2,1-2H3,(H,44,48)/t32-,34-,35-,36-,55?/m0/s1. The average molecular weight is 798 g/mol. The zero-order valence-electron chi connectivity index (χ0n) is 31.7. The maximum Gasteiger partial charge on any atom is 0.324 e. The van der Waals surface area contributed by atoms with Crippen LogP contribution in [-0.2, 0) is 29.8 Å². The van der Waals surface area contributed by atoms with Crippen LogP contribution in [0.2, 0.25) is 0 Å². The zero-order chi connectivity index (χ0) is 39.0. The fraction of sp³-hybridized carbons (Fsp3) is 0.452. The highest BCUT2D eigenvalue weighted by Gasteiger charge is 2.48. The summed E-state index contributed by atoms with van der Waals surface area (Å²) < 4.78 is 29.3. The van der Waals surface area contributed by atoms with Crippen LogP contribution in [0.5, 0.6) is 5.75 Å². The highest BCUT2D eigenvalue weighted by Crippen LogP contribution is 2.57. The van der Waals surface area contributed by atoms with Crippen LogP contribution in [-0.4, -0.2) is 93.1 Å². The number of thiophene rings is 1. The van der Waals surface area contributed by atoms with E-state index in [0.717, 1.165) is 40.5 Å². The molecule has 0 bridgehead atoms. The van der Waals surface area contributed by atoms with Crippen molar-refractivity contribution in [1.29, 1.82) is 0 Å². The van der Waals surface area contributed by atoms with Gasteiger partial charge in [-0.1, -0.05) is 30.3 Å². The number of carbonyl (C=O) groups is 4. The number of benzene rings is 2. The van der Waals surface area contributed by atoms with Crippen LogP contribution < -0.4 is 9.84 Å². The van der Waals surface area contributed by atoms with Crippen molar-refractivity contribution < 1.29 is 33.0 Å². The topological polar surface area (TPSA) is 138 Å². The molecular weight excluding hydrogens is 750 g/mol. The molecule has 4 saturated heterocycles. The largest absolute Gasteiger partial charge is 0.462 e. The fourth-order valence-electron chi connectivity index (χ4n) is 8.69. The molecule has 2 aromatic carbocycles. The van der Waals surface area contributed by atoms with Gasteiger partial charge in [0, 0.05) is 48.7 Å². The van der Waals surface area contributed by atoms with Crippen LogP contribution in [0.25, 0.3) is 10.1 Å². The lowest BCUT2D eigenvalue weighted by atomic mass is 9.92. The molecule has 4 aromatic rings. The van der Waals surface area contributed by atoms with Crippen molar-refractivity contribution in [2.75, 3.05) is 19.6 Å². The number of esters is 1. The van der Waals surface area contributed by atoms with E-state index in [1.165, 1.54) is 11.3 Å². The first kappa shape index (κ1) is 38.3. The van der Waals surface area contributed by atoms with Gasteiger partial charge < -0.3 is 24.4 Å². The molecule has 0 saturated carbocycles. The third-order valence-corrected chi connectivity index (χ3v) is 15.1. The number of amides is 3. The van der Waals surface area contributed by atoms with Gasteiger partial charge in [0.15, 0.2) is 0 Å². The summed E-state index contributed by atoms with van der Waals surface area (Å²) in [6.45, 7) is 5.26. The first-order valence-corrected chi connectivity index (χ1v) is 22.3. The molecule has 1 N–H and O–H groups in total. The average Bonchev–Trinajstić information content (AvgIpc) is 3.91. The Morgan fingerprint density at radius 2 is 1.77 bits per heavy atom. The third-order valence-electron chi connectivity index (χ3n) is 11.4. The number of ether oxygens (including phenoxy) is 1. The summed E-state index contributed by atoms with van der Waals surface area (Å²) in [5.41, 5.74) is 1.86. The van der Waals surface area contributed by atoms with Crippen LogP contribution >= 0.6 is 18.9 Å². The SMILES string of the molecule is CC(C)OC(=O)[C@@H]1CCCN1P(=O)(Cc1ccc2sc(C(=O)N[C@H]3CCC[C@H]4CC[C@@H](C(=O)N5CC(c6cccnc6)C5)N4C3=O)cc2c1)Oc1ccccc1. The molecule has 6 heterocycles. The molecule has 2 aromatic heterocycles. The Balaban J connectivity index is 0.961. The van der Waals surface area contributed by atoms with Crippen molar-refractivity contribution in [1.82, 2.24) is 24.8 Å². The predicted octanol–water partition coefficient (Wildman–Crippen LogP) is 6.75. The van der Waals surface area contributed by atoms with E-state index in [2.05, 4.69) is 10.3 Å². The first-order chi connectivity index (χ1) is 27.1. The number of para-hydroxylation sites is 1. The van der Waals surface area contributed by atoms with Gasteiger partial charge in [-0.2, -0.15) is 0 Å². The van der Waals surface area contributed by atoms with Gasteiger partial charge in [0.1, 0.15) is 23.9 Å². The number of pyridine rings is 1. The van der Waals surface area contributed by atoms with Crippen molar-refractivity contribution in [2.45, 2.75) is 101 Å². The van der Waals surface area contributed by atoms with Crippen LogP contribution in [0.3, 0.4) is 0 Å². The van der Waals surface area contributed by atoms with E-state index < -0.39 is 31.6 Å². The predicted molar refractivity (Wildman–Crippen MR) is 213 cm³/mol. The fourth-order valence-corrected chi connectivity index (χ4v) is 12.2. The van der Waals surface area contributed by atoms with Crippen molar-refractivity contribution in [3.05, 3.63) is 95.1 Å². The number of nitrogens with zero attached hydrogens (tertiary/aromatic N) is 4. The summed E-state index contributed by atoms with van der Waals surface area (Å²) in [5, 5.41) is 3.83. The summed E-state index contributed by atoms with van der Waals surface area (Å²) in [5.74, 6) is -0.236. The van der Waals surface area contributed by atoms with Crippen molar-refractivity contribution in [3.8, 4) is 5.75 Å². The molecule has 14 heteroatoms. The number of likely N-dealkylation sites (tertiary alicyclic amines) is 1. The quantitative estimate of drug-likeness (QED) is 0.129. The molecule has 0 radical (unpaired) electrons. The van der Waals surface area contributed by atoms with E-state index in [9.17, 15) is 23.7 Å². The monoisotopic (exact) mass is 797 g/mol. The Kier molecular flexibility index (Phi) is 11.0. The Hall–Kier alpha value is -4.58. The Morgan fingerprint density at radius 1 is 0.946 bits per heavy atom. The zero-order valence-corrected chi connectivity index (χ0v) is 33.5. The summed E-state index contributed by atoms with van der Waals surface area (Å²) in [7, 11) is -3.65. The first-order valence-electron chi connectivity index (χ1n) is 19.7. The number of hydrogen-bond donors (Lipinski definition) is 1. The molecule has 56 heavy (non-hydrogen) atoms. The Bertz CT molecular complexity index is 2140. The van der Waals surface area contributed by atoms with Gasteiger partial charge in [0.25, 0.3) is 5.91 Å². The van der Waals surface area contributed by atoms with E-state index in [4.69, 9.17) is 9.26 Å². The minimum atomic E-state index is -3.65. The molecule has 12 nitrogen and oxygen atoms in total. The van der Waals surface area contributed by atoms with Crippen molar-refractivity contribution in [2.24, 2.45) is 0 Å². The number of rotatable bonds is 11. The summed E-state index contributed by atoms with van der Waals surface area (Å²) >= 11 is 1.33. The Labute approximate surface area is 331 Å². The van der Waals surface area contributed by atoms with Gasteiger partial charge in [0.05, 0.1) is 17.1 Å². The molecule has 4 fully saturated rings. The van der Waals surface area contributed by atoms with E-state index >= 15 is 0 Å². The molecule has 0 aliphatic carbocycles. The summed E-state index contributed by atoms with van der Waals surface area (Å²) in [6, 6.07) is 18.5. The van der Waals surface area contributed by atoms with Gasteiger partial charge >= 0.3 is 13.5 Å². The molecular formula is C42H48N5O7PS. The van der Waals surface area contributed by atoms with Gasteiger partial charge in [-0.3, -0.25) is 28.7 Å². The lowest BCUT2D eigenvalue weighted by Gasteiger charge is -2.42. The van der Waals surface area contributed by atoms with Gasteiger partial charge in [-0.05, 0) is 112 Å². The van der Waals surface area contributed by atoms with Gasteiger partial charge in [0.2, 0.25) is 11.8 Å². The second-order valence-electron chi connectivity index (χ2n) is 15.7. The summed E-state index contributed by atoms with van der Waals surface area (Å²) in [6.07, 6.45) is 8.07. The molecule has 0 spiro atoms. The van der Waals surface area contributed by atoms with E-state index in [1.807, 2.05) is 59.6 Å². The molecule has 294 valence electrons. The minimum absolute atomic E-state index is 0.00460. The van der Waals surface area contributed by atoms with Crippen LogP contribution in [0.1, 0.15) is 85.5 Å². The van der Waals surface area contributed by atoms with Crippen LogP contribution in [0, 0.1) is 0 Å². The number of carbonyl (C=O) groups excluding carboxylic acids is 4. The van der Waals surface area contributed by atoms with E-state index in [-0.39, 0.29) is 41.9 Å². The van der Waals surface area contributed by atoms with Gasteiger partial charge in [-0.15, -0.1) is 11.3 Å². The smallest absolute Gasteiger partial charge is 0.324 e. The number of fused-ring (bicyclic) bond motifs is 2. The van der Waals surface area contributed by atoms with Crippen LogP contribution in [0.4, 0.5) is 0 Å². The number of aromatic nitrogens is 1. The number of nitrogens with one attached hydrogen (secondary N) is 1. The highest BCUT2D eigenvalue weighted by atomic mass is 32.1. The van der Waals surface area contributed by atoms with E-state index in [0.29, 0.717) is 55.9 Å². The maximum absolute atomic E-state index is 14.9. The molecule has 1 unspecified atom stereocenters. The molecule has 8 rings (SSSR count). The molecule has 4 aliphatic rings. The molecule has 4 aliphatic heterocycles. The van der Waals surface area contributed by atoms with E-state index in [1.54, 1.807) is 47.8 Å². The molecule has 3 amide bonds. The number of hydrogen-bond acceptors (Lipinski definition) is 9. The second-order valence-corrected chi connectivity index (χ2v) is 19.0. The van der Waals surface area contributed by atoms with Crippen molar-refractivity contribution in [3.63, 3.8) is 0 Å². The Morgan fingerprint density at radius 3 is 2.54 bits per heavy atom. The highest BCUT2D eigenvalue weighted by molar-refractivity contribution is 7.56. The minimum Gasteiger partial charge on any atom is -0.462 e. The van der Waals surface area contributed by atoms with Crippen molar-refractivity contribution >= 4 is 52.6 Å². The van der Waals surface area contributed by atoms with Gasteiger partial charge in [-0.25, -0.2) is 4.67 Å². The second kappa shape index (κ2) is 16.1.